The molecule has 0 aliphatic carbocycles. The summed E-state index contributed by atoms with van der Waals surface area (Å²) in [6.45, 7) is 6.23. The number of hydrogen-bond acceptors (Lipinski definition) is 3. The highest BCUT2D eigenvalue weighted by Gasteiger charge is 2.37. The van der Waals surface area contributed by atoms with Crippen molar-refractivity contribution >= 4 is 29.4 Å². The summed E-state index contributed by atoms with van der Waals surface area (Å²) < 4.78 is 0. The maximum Gasteiger partial charge on any atom is 0.322 e. The van der Waals surface area contributed by atoms with E-state index in [9.17, 15) is 9.59 Å². The number of thioether (sulfide) groups is 1. The average molecular weight is 347 g/mol. The summed E-state index contributed by atoms with van der Waals surface area (Å²) in [5.74, 6) is 2.10. The Kier molecular flexibility index (Phi) is 5.33. The fourth-order valence-corrected chi connectivity index (χ4v) is 4.22. The van der Waals surface area contributed by atoms with E-state index in [1.165, 1.54) is 0 Å². The highest BCUT2D eigenvalue weighted by molar-refractivity contribution is 7.99. The number of nitrogens with zero attached hydrogens (tertiary/aromatic N) is 2. The second-order valence-corrected chi connectivity index (χ2v) is 7.76. The van der Waals surface area contributed by atoms with Gasteiger partial charge >= 0.3 is 6.03 Å². The van der Waals surface area contributed by atoms with Crippen LogP contribution in [0.4, 0.5) is 10.5 Å². The molecule has 1 atom stereocenters. The molecule has 0 spiro atoms. The molecule has 6 heteroatoms. The fourth-order valence-electron chi connectivity index (χ4n) is 3.32. The van der Waals surface area contributed by atoms with Gasteiger partial charge in [-0.1, -0.05) is 12.1 Å². The van der Waals surface area contributed by atoms with Gasteiger partial charge in [-0.3, -0.25) is 4.79 Å². The van der Waals surface area contributed by atoms with E-state index in [1.54, 1.807) is 4.90 Å². The Hall–Kier alpha value is -1.69. The Bertz CT molecular complexity index is 629. The summed E-state index contributed by atoms with van der Waals surface area (Å²) >= 11 is 1.88. The Morgan fingerprint density at radius 1 is 1.17 bits per heavy atom. The van der Waals surface area contributed by atoms with Crippen molar-refractivity contribution in [2.24, 2.45) is 0 Å². The van der Waals surface area contributed by atoms with E-state index < -0.39 is 0 Å². The van der Waals surface area contributed by atoms with Crippen LogP contribution in [-0.4, -0.2) is 58.9 Å². The molecule has 0 bridgehead atoms. The number of benzene rings is 1. The minimum atomic E-state index is -0.307. The van der Waals surface area contributed by atoms with Crippen LogP contribution < -0.4 is 5.32 Å². The van der Waals surface area contributed by atoms with Gasteiger partial charge in [0.05, 0.1) is 0 Å². The van der Waals surface area contributed by atoms with Gasteiger partial charge in [0.15, 0.2) is 0 Å². The molecule has 0 aromatic heterocycles. The zero-order valence-corrected chi connectivity index (χ0v) is 15.2. The van der Waals surface area contributed by atoms with Crippen molar-refractivity contribution in [1.82, 2.24) is 9.80 Å². The molecule has 130 valence electrons. The van der Waals surface area contributed by atoms with Gasteiger partial charge in [0.1, 0.15) is 6.04 Å². The topological polar surface area (TPSA) is 52.7 Å². The van der Waals surface area contributed by atoms with Crippen LogP contribution in [-0.2, 0) is 4.79 Å². The first-order valence-electron chi connectivity index (χ1n) is 8.57. The Labute approximate surface area is 147 Å². The van der Waals surface area contributed by atoms with Crippen molar-refractivity contribution in [3.63, 3.8) is 0 Å². The molecular formula is C18H25N3O2S. The van der Waals surface area contributed by atoms with Crippen LogP contribution in [0.1, 0.15) is 24.0 Å². The van der Waals surface area contributed by atoms with Crippen molar-refractivity contribution in [3.8, 4) is 0 Å². The van der Waals surface area contributed by atoms with E-state index in [1.807, 2.05) is 48.7 Å². The minimum absolute atomic E-state index is 0.115. The van der Waals surface area contributed by atoms with E-state index in [0.29, 0.717) is 6.54 Å². The molecule has 1 aromatic rings. The third kappa shape index (κ3) is 3.69. The van der Waals surface area contributed by atoms with Crippen molar-refractivity contribution in [1.29, 1.82) is 0 Å². The third-order valence-electron chi connectivity index (χ3n) is 4.76. The molecule has 1 aromatic carbocycles. The molecule has 3 amide bonds. The first-order chi connectivity index (χ1) is 11.6. The fraction of sp³-hybridized carbons (Fsp3) is 0.556. The number of rotatable bonds is 2. The normalized spacial score (nSPS) is 21.0. The largest absolute Gasteiger partial charge is 0.339 e. The van der Waals surface area contributed by atoms with Crippen LogP contribution in [0.15, 0.2) is 18.2 Å². The molecule has 2 aliphatic heterocycles. The van der Waals surface area contributed by atoms with E-state index in [0.717, 1.165) is 54.3 Å². The summed E-state index contributed by atoms with van der Waals surface area (Å²) in [4.78, 5) is 29.1. The van der Waals surface area contributed by atoms with E-state index in [4.69, 9.17) is 0 Å². The number of urea groups is 1. The van der Waals surface area contributed by atoms with Gasteiger partial charge in [-0.05, 0) is 43.9 Å². The monoisotopic (exact) mass is 347 g/mol. The number of likely N-dealkylation sites (tertiary alicyclic amines) is 1. The van der Waals surface area contributed by atoms with Crippen LogP contribution in [0, 0.1) is 13.8 Å². The van der Waals surface area contributed by atoms with Gasteiger partial charge in [-0.25, -0.2) is 4.79 Å². The predicted octanol–water partition coefficient (Wildman–Crippen LogP) is 2.88. The number of nitrogens with one attached hydrogen (secondary N) is 1. The molecule has 1 unspecified atom stereocenters. The smallest absolute Gasteiger partial charge is 0.322 e. The van der Waals surface area contributed by atoms with Crippen LogP contribution in [0.25, 0.3) is 0 Å². The van der Waals surface area contributed by atoms with Crippen molar-refractivity contribution in [2.45, 2.75) is 32.7 Å². The molecule has 2 aliphatic rings. The molecule has 2 heterocycles. The number of hydrogen-bond donors (Lipinski definition) is 1. The molecule has 0 saturated carbocycles. The molecule has 5 nitrogen and oxygen atoms in total. The van der Waals surface area contributed by atoms with Gasteiger partial charge in [0.2, 0.25) is 5.91 Å². The van der Waals surface area contributed by atoms with Gasteiger partial charge < -0.3 is 15.1 Å². The summed E-state index contributed by atoms with van der Waals surface area (Å²) in [5.41, 5.74) is 2.97. The molecule has 1 N–H and O–H groups in total. The van der Waals surface area contributed by atoms with Crippen molar-refractivity contribution in [2.75, 3.05) is 36.5 Å². The summed E-state index contributed by atoms with van der Waals surface area (Å²) in [6, 6.07) is 5.54. The predicted molar refractivity (Wildman–Crippen MR) is 98.6 cm³/mol. The van der Waals surface area contributed by atoms with Crippen LogP contribution in [0.5, 0.6) is 0 Å². The molecule has 2 fully saturated rings. The number of amides is 3. The first-order valence-corrected chi connectivity index (χ1v) is 9.73. The standard InChI is InChI=1S/C18H25N3O2S/c1-13-5-6-14(2)15(12-13)19-18(23)21-7-3-4-16(21)17(22)20-8-10-24-11-9-20/h5-6,12,16H,3-4,7-11H2,1-2H3,(H,19,23). The van der Waals surface area contributed by atoms with Gasteiger partial charge in [0, 0.05) is 36.8 Å². The lowest BCUT2D eigenvalue weighted by Crippen LogP contribution is -2.51. The van der Waals surface area contributed by atoms with Crippen molar-refractivity contribution in [3.05, 3.63) is 29.3 Å². The number of carbonyl (C=O) groups is 2. The van der Waals surface area contributed by atoms with E-state index in [2.05, 4.69) is 5.32 Å². The summed E-state index contributed by atoms with van der Waals surface area (Å²) in [7, 11) is 0. The molecular weight excluding hydrogens is 322 g/mol. The van der Waals surface area contributed by atoms with E-state index >= 15 is 0 Å². The minimum Gasteiger partial charge on any atom is -0.339 e. The molecule has 3 rings (SSSR count). The first kappa shape index (κ1) is 17.1. The second kappa shape index (κ2) is 7.47. The average Bonchev–Trinajstić information content (AvgIpc) is 3.08. The molecule has 0 radical (unpaired) electrons. The Morgan fingerprint density at radius 2 is 1.92 bits per heavy atom. The Morgan fingerprint density at radius 3 is 2.67 bits per heavy atom. The quantitative estimate of drug-likeness (QED) is 0.895. The third-order valence-corrected chi connectivity index (χ3v) is 5.70. The van der Waals surface area contributed by atoms with Crippen LogP contribution in [0.3, 0.4) is 0 Å². The zero-order chi connectivity index (χ0) is 17.1. The van der Waals surface area contributed by atoms with Gasteiger partial charge in [-0.15, -0.1) is 0 Å². The van der Waals surface area contributed by atoms with Crippen LogP contribution >= 0.6 is 11.8 Å². The highest BCUT2D eigenvalue weighted by Crippen LogP contribution is 2.23. The summed E-state index contributed by atoms with van der Waals surface area (Å²) in [6.07, 6.45) is 1.65. The maximum absolute atomic E-state index is 12.8. The lowest BCUT2D eigenvalue weighted by Gasteiger charge is -2.32. The SMILES string of the molecule is Cc1ccc(C)c(NC(=O)N2CCCC2C(=O)N2CCSCC2)c1. The number of aryl methyl sites for hydroxylation is 2. The number of anilines is 1. The lowest BCUT2D eigenvalue weighted by atomic mass is 10.1. The van der Waals surface area contributed by atoms with Gasteiger partial charge in [0.25, 0.3) is 0 Å². The Balaban J connectivity index is 1.69. The lowest BCUT2D eigenvalue weighted by molar-refractivity contribution is -0.134. The zero-order valence-electron chi connectivity index (χ0n) is 14.4. The second-order valence-electron chi connectivity index (χ2n) is 6.54. The highest BCUT2D eigenvalue weighted by atomic mass is 32.2. The molecule has 24 heavy (non-hydrogen) atoms. The summed E-state index contributed by atoms with van der Waals surface area (Å²) in [5, 5.41) is 2.99. The van der Waals surface area contributed by atoms with Gasteiger partial charge in [-0.2, -0.15) is 11.8 Å². The van der Waals surface area contributed by atoms with Crippen LogP contribution in [0.2, 0.25) is 0 Å². The van der Waals surface area contributed by atoms with E-state index in [-0.39, 0.29) is 18.0 Å². The number of carbonyl (C=O) groups excluding carboxylic acids is 2. The molecule has 2 saturated heterocycles. The maximum atomic E-state index is 12.8. The van der Waals surface area contributed by atoms with Crippen molar-refractivity contribution < 1.29 is 9.59 Å².